The van der Waals surface area contributed by atoms with Crippen molar-refractivity contribution in [3.8, 4) is 22.3 Å². The minimum atomic E-state index is -0.528. The molecule has 0 saturated heterocycles. The van der Waals surface area contributed by atoms with Gasteiger partial charge in [-0.25, -0.2) is 0 Å². The second-order valence-electron chi connectivity index (χ2n) is 15.5. The highest BCUT2D eigenvalue weighted by molar-refractivity contribution is 6.31. The van der Waals surface area contributed by atoms with Crippen LogP contribution in [0.1, 0.15) is 22.3 Å². The van der Waals surface area contributed by atoms with Crippen LogP contribution in [0.2, 0.25) is 0 Å². The van der Waals surface area contributed by atoms with Gasteiger partial charge in [-0.1, -0.05) is 188 Å². The number of anilines is 3. The molecule has 0 unspecified atom stereocenters. The summed E-state index contributed by atoms with van der Waals surface area (Å²) in [5.74, 6) is 0. The fraction of sp³-hybridized carbons (Fsp3) is 0.0175. The summed E-state index contributed by atoms with van der Waals surface area (Å²) in [5.41, 5.74) is 14.2. The maximum absolute atomic E-state index is 7.26. The molecule has 2 heteroatoms. The van der Waals surface area contributed by atoms with Crippen LogP contribution in [0.3, 0.4) is 0 Å². The molecule has 0 amide bonds. The Morgan fingerprint density at radius 2 is 0.898 bits per heavy atom. The molecule has 0 bridgehead atoms. The van der Waals surface area contributed by atoms with Crippen LogP contribution in [-0.2, 0) is 5.41 Å². The number of fused-ring (bicyclic) bond motifs is 11. The predicted octanol–water partition coefficient (Wildman–Crippen LogP) is 15.4. The van der Waals surface area contributed by atoms with Crippen molar-refractivity contribution in [2.45, 2.75) is 5.41 Å². The molecule has 1 aliphatic rings. The molecule has 1 aliphatic carbocycles. The number of benzene rings is 10. The van der Waals surface area contributed by atoms with Crippen molar-refractivity contribution in [2.75, 3.05) is 4.90 Å². The molecule has 1 heterocycles. The van der Waals surface area contributed by atoms with Gasteiger partial charge in [0.15, 0.2) is 0 Å². The molecule has 2 nitrogen and oxygen atoms in total. The lowest BCUT2D eigenvalue weighted by Crippen LogP contribution is -2.28. The van der Waals surface area contributed by atoms with Crippen molar-refractivity contribution >= 4 is 60.5 Å². The lowest BCUT2D eigenvalue weighted by molar-refractivity contribution is 0.674. The monoisotopic (exact) mass is 751 g/mol. The molecule has 0 radical (unpaired) electrons. The van der Waals surface area contributed by atoms with Crippen LogP contribution >= 0.6 is 0 Å². The quantitative estimate of drug-likeness (QED) is 0.157. The molecular formula is C57H37NO. The van der Waals surface area contributed by atoms with Crippen molar-refractivity contribution in [3.63, 3.8) is 0 Å². The summed E-state index contributed by atoms with van der Waals surface area (Å²) in [5, 5.41) is 7.00. The van der Waals surface area contributed by atoms with E-state index < -0.39 is 5.41 Å². The molecule has 0 saturated carbocycles. The second kappa shape index (κ2) is 13.2. The zero-order valence-corrected chi connectivity index (χ0v) is 32.2. The highest BCUT2D eigenvalue weighted by Crippen LogP contribution is 2.58. The maximum Gasteiger partial charge on any atom is 0.145 e. The number of furan rings is 1. The van der Waals surface area contributed by atoms with Gasteiger partial charge in [0.25, 0.3) is 0 Å². The minimum absolute atomic E-state index is 0.528. The Bertz CT molecular complexity index is 3330. The van der Waals surface area contributed by atoms with E-state index >= 15 is 0 Å². The molecule has 59 heavy (non-hydrogen) atoms. The van der Waals surface area contributed by atoms with E-state index in [2.05, 4.69) is 229 Å². The van der Waals surface area contributed by atoms with Gasteiger partial charge < -0.3 is 9.32 Å². The van der Waals surface area contributed by atoms with Crippen LogP contribution in [0.25, 0.3) is 65.7 Å². The van der Waals surface area contributed by atoms with E-state index in [1.54, 1.807) is 0 Å². The fourth-order valence-electron chi connectivity index (χ4n) is 10.1. The van der Waals surface area contributed by atoms with Gasteiger partial charge in [0, 0.05) is 33.1 Å². The summed E-state index contributed by atoms with van der Waals surface area (Å²) in [6.45, 7) is 0. The van der Waals surface area contributed by atoms with Crippen molar-refractivity contribution in [1.29, 1.82) is 0 Å². The minimum Gasteiger partial charge on any atom is -0.455 e. The van der Waals surface area contributed by atoms with Crippen molar-refractivity contribution < 1.29 is 4.42 Å². The Morgan fingerprint density at radius 1 is 0.356 bits per heavy atom. The topological polar surface area (TPSA) is 16.4 Å². The second-order valence-corrected chi connectivity index (χ2v) is 15.5. The van der Waals surface area contributed by atoms with Crippen LogP contribution < -0.4 is 4.90 Å². The van der Waals surface area contributed by atoms with E-state index in [0.717, 1.165) is 55.5 Å². The summed E-state index contributed by atoms with van der Waals surface area (Å²) in [6, 6.07) is 81.6. The Balaban J connectivity index is 1.18. The van der Waals surface area contributed by atoms with Gasteiger partial charge in [0.2, 0.25) is 0 Å². The molecule has 0 N–H and O–H groups in total. The first-order valence-electron chi connectivity index (χ1n) is 20.4. The Kier molecular flexibility index (Phi) is 7.48. The van der Waals surface area contributed by atoms with Gasteiger partial charge in [-0.3, -0.25) is 0 Å². The molecule has 0 atom stereocenters. The van der Waals surface area contributed by atoms with Crippen LogP contribution in [0, 0.1) is 0 Å². The molecule has 10 aromatic carbocycles. The summed E-state index contributed by atoms with van der Waals surface area (Å²) >= 11 is 0. The largest absolute Gasteiger partial charge is 0.455 e. The van der Waals surface area contributed by atoms with E-state index in [4.69, 9.17) is 4.42 Å². The van der Waals surface area contributed by atoms with Crippen molar-refractivity contribution in [2.24, 2.45) is 0 Å². The van der Waals surface area contributed by atoms with E-state index in [1.165, 1.54) is 49.5 Å². The zero-order valence-electron chi connectivity index (χ0n) is 32.2. The number of rotatable bonds is 6. The smallest absolute Gasteiger partial charge is 0.145 e. The van der Waals surface area contributed by atoms with Crippen LogP contribution in [0.5, 0.6) is 0 Å². The number of nitrogens with zero attached hydrogens (tertiary/aromatic N) is 1. The lowest BCUT2D eigenvalue weighted by Gasteiger charge is -2.35. The lowest BCUT2D eigenvalue weighted by atomic mass is 9.67. The molecule has 0 fully saturated rings. The molecule has 12 rings (SSSR count). The van der Waals surface area contributed by atoms with E-state index in [1.807, 2.05) is 0 Å². The first-order chi connectivity index (χ1) is 29.3. The van der Waals surface area contributed by atoms with Gasteiger partial charge >= 0.3 is 0 Å². The van der Waals surface area contributed by atoms with Gasteiger partial charge in [-0.05, 0) is 91.5 Å². The van der Waals surface area contributed by atoms with Gasteiger partial charge in [-0.15, -0.1) is 0 Å². The highest BCUT2D eigenvalue weighted by Gasteiger charge is 2.46. The van der Waals surface area contributed by atoms with Crippen molar-refractivity contribution in [1.82, 2.24) is 0 Å². The average Bonchev–Trinajstić information content (AvgIpc) is 3.85. The molecule has 11 aromatic rings. The molecule has 0 aliphatic heterocycles. The highest BCUT2D eigenvalue weighted by atomic mass is 16.3. The predicted molar refractivity (Wildman–Crippen MR) is 246 cm³/mol. The van der Waals surface area contributed by atoms with Gasteiger partial charge in [0.05, 0.1) is 11.1 Å². The standard InChI is InChI=1S/C57H37NO/c1-5-19-38(20-6-1)53-52(36-35-49-54-47-30-15-13-27-43(47)44-28-14-16-31-48(44)55(54)59-56(49)53)58(41-25-11-4-12-26-41)42-33-34-46-45-29-17-18-32-50(45)57(51(46)37-42,39-21-7-2-8-22-39)40-23-9-3-10-24-40/h1-37H. The third-order valence-corrected chi connectivity index (χ3v) is 12.5. The first-order valence-corrected chi connectivity index (χ1v) is 20.4. The van der Waals surface area contributed by atoms with Crippen molar-refractivity contribution in [3.05, 3.63) is 247 Å². The number of para-hydroxylation sites is 1. The number of hydrogen-bond acceptors (Lipinski definition) is 2. The summed E-state index contributed by atoms with van der Waals surface area (Å²) in [4.78, 5) is 2.43. The Morgan fingerprint density at radius 3 is 1.59 bits per heavy atom. The third kappa shape index (κ3) is 4.87. The summed E-state index contributed by atoms with van der Waals surface area (Å²) in [7, 11) is 0. The van der Waals surface area contributed by atoms with E-state index in [9.17, 15) is 0 Å². The Hall–Kier alpha value is -7.68. The maximum atomic E-state index is 7.26. The van der Waals surface area contributed by atoms with Crippen LogP contribution in [-0.4, -0.2) is 0 Å². The summed E-state index contributed by atoms with van der Waals surface area (Å²) in [6.07, 6.45) is 0. The van der Waals surface area contributed by atoms with Crippen LogP contribution in [0.15, 0.2) is 229 Å². The third-order valence-electron chi connectivity index (χ3n) is 12.5. The normalized spacial score (nSPS) is 12.9. The average molecular weight is 752 g/mol. The van der Waals surface area contributed by atoms with Gasteiger partial charge in [0.1, 0.15) is 11.2 Å². The van der Waals surface area contributed by atoms with Gasteiger partial charge in [-0.2, -0.15) is 0 Å². The Labute approximate surface area is 342 Å². The molecule has 276 valence electrons. The molecule has 0 spiro atoms. The molecule has 1 aromatic heterocycles. The van der Waals surface area contributed by atoms with E-state index in [0.29, 0.717) is 0 Å². The summed E-state index contributed by atoms with van der Waals surface area (Å²) < 4.78 is 7.26. The number of hydrogen-bond donors (Lipinski definition) is 0. The fourth-order valence-corrected chi connectivity index (χ4v) is 10.1. The van der Waals surface area contributed by atoms with E-state index in [-0.39, 0.29) is 0 Å². The first kappa shape index (κ1) is 33.5. The zero-order chi connectivity index (χ0) is 38.9. The molecular weight excluding hydrogens is 715 g/mol. The van der Waals surface area contributed by atoms with Crippen LogP contribution in [0.4, 0.5) is 17.1 Å². The SMILES string of the molecule is c1ccc(-c2c(N(c3ccccc3)c3ccc4c(c3)C(c3ccccc3)(c3ccccc3)c3ccccc3-4)ccc3c2oc2c4ccccc4c4ccccc4c32)cc1.